The van der Waals surface area contributed by atoms with Crippen LogP contribution in [0.2, 0.25) is 5.02 Å². The van der Waals surface area contributed by atoms with Crippen molar-refractivity contribution in [3.05, 3.63) is 64.7 Å². The molecule has 0 aliphatic rings. The van der Waals surface area contributed by atoms with Crippen LogP contribution in [0.25, 0.3) is 6.08 Å². The van der Waals surface area contributed by atoms with Crippen LogP contribution in [0.5, 0.6) is 0 Å². The van der Waals surface area contributed by atoms with Crippen molar-refractivity contribution < 1.29 is 14.0 Å². The maximum Gasteiger partial charge on any atom is 0.281 e. The fraction of sp³-hybridized carbons (Fsp3) is 0. The number of carbonyl (C=O) groups is 2. The average Bonchev–Trinajstić information content (AvgIpc) is 2.99. The number of carbonyl (C=O) groups excluding carboxylic acids is 2. The second kappa shape index (κ2) is 6.74. The van der Waals surface area contributed by atoms with Gasteiger partial charge in [0.2, 0.25) is 0 Å². The topological polar surface area (TPSA) is 97.4 Å². The molecule has 0 atom stereocenters. The molecule has 0 unspecified atom stereocenters. The SMILES string of the molecule is NNC(=O)/C(=C/c1ccco1)NC(=O)c1ccccc1Cl. The van der Waals surface area contributed by atoms with Crippen LogP contribution in [0.1, 0.15) is 16.1 Å². The summed E-state index contributed by atoms with van der Waals surface area (Å²) in [5.74, 6) is 4.31. The van der Waals surface area contributed by atoms with E-state index in [1.165, 1.54) is 12.3 Å². The van der Waals surface area contributed by atoms with Gasteiger partial charge in [0.05, 0.1) is 16.8 Å². The number of hydrogen-bond acceptors (Lipinski definition) is 4. The Bertz CT molecular complexity index is 681. The van der Waals surface area contributed by atoms with Crippen LogP contribution in [-0.4, -0.2) is 11.8 Å². The van der Waals surface area contributed by atoms with Crippen molar-refractivity contribution in [3.8, 4) is 0 Å². The van der Waals surface area contributed by atoms with Crippen LogP contribution in [0.4, 0.5) is 0 Å². The first kappa shape index (κ1) is 14.8. The molecule has 0 saturated carbocycles. The van der Waals surface area contributed by atoms with E-state index in [2.05, 4.69) is 5.32 Å². The first-order valence-electron chi connectivity index (χ1n) is 5.94. The van der Waals surface area contributed by atoms with Gasteiger partial charge in [-0.15, -0.1) is 0 Å². The number of halogens is 1. The van der Waals surface area contributed by atoms with E-state index in [1.54, 1.807) is 36.4 Å². The molecule has 2 amide bonds. The number of hydrazine groups is 1. The van der Waals surface area contributed by atoms with Crippen LogP contribution in [0.15, 0.2) is 52.8 Å². The van der Waals surface area contributed by atoms with E-state index in [0.717, 1.165) is 0 Å². The van der Waals surface area contributed by atoms with Gasteiger partial charge >= 0.3 is 0 Å². The van der Waals surface area contributed by atoms with Crippen LogP contribution in [0, 0.1) is 0 Å². The quantitative estimate of drug-likeness (QED) is 0.346. The molecule has 0 saturated heterocycles. The van der Waals surface area contributed by atoms with Crippen LogP contribution in [0.3, 0.4) is 0 Å². The molecule has 108 valence electrons. The van der Waals surface area contributed by atoms with Gasteiger partial charge < -0.3 is 9.73 Å². The Balaban J connectivity index is 2.26. The Morgan fingerprint density at radius 3 is 2.57 bits per heavy atom. The zero-order chi connectivity index (χ0) is 15.2. The predicted molar refractivity (Wildman–Crippen MR) is 77.9 cm³/mol. The molecule has 7 heteroatoms. The molecule has 1 aromatic heterocycles. The molecular formula is C14H12ClN3O3. The third-order valence-electron chi connectivity index (χ3n) is 2.57. The number of benzene rings is 1. The van der Waals surface area contributed by atoms with Crippen molar-refractivity contribution in [1.82, 2.24) is 10.7 Å². The third kappa shape index (κ3) is 3.71. The smallest absolute Gasteiger partial charge is 0.281 e. The standard InChI is InChI=1S/C14H12ClN3O3/c15-11-6-2-1-5-10(11)13(19)17-12(14(20)18-16)8-9-4-3-7-21-9/h1-8H,16H2,(H,17,19)(H,18,20)/b12-8-. The van der Waals surface area contributed by atoms with Gasteiger partial charge in [-0.25, -0.2) is 5.84 Å². The number of amides is 2. The second-order valence-corrected chi connectivity index (χ2v) is 4.39. The van der Waals surface area contributed by atoms with Crippen LogP contribution in [-0.2, 0) is 4.79 Å². The zero-order valence-corrected chi connectivity index (χ0v) is 11.6. The van der Waals surface area contributed by atoms with Crippen molar-refractivity contribution in [3.63, 3.8) is 0 Å². The summed E-state index contributed by atoms with van der Waals surface area (Å²) in [6, 6.07) is 9.77. The Morgan fingerprint density at radius 2 is 1.95 bits per heavy atom. The minimum Gasteiger partial charge on any atom is -0.465 e. The third-order valence-corrected chi connectivity index (χ3v) is 2.90. The lowest BCUT2D eigenvalue weighted by Crippen LogP contribution is -2.38. The fourth-order valence-electron chi connectivity index (χ4n) is 1.59. The summed E-state index contributed by atoms with van der Waals surface area (Å²) in [4.78, 5) is 23.8. The molecular weight excluding hydrogens is 294 g/mol. The molecule has 0 aliphatic heterocycles. The molecule has 2 rings (SSSR count). The number of nitrogens with one attached hydrogen (secondary N) is 2. The van der Waals surface area contributed by atoms with Crippen molar-refractivity contribution in [2.75, 3.05) is 0 Å². The van der Waals surface area contributed by atoms with Gasteiger partial charge in [0, 0.05) is 6.08 Å². The molecule has 0 aliphatic carbocycles. The lowest BCUT2D eigenvalue weighted by Gasteiger charge is -2.09. The summed E-state index contributed by atoms with van der Waals surface area (Å²) in [5.41, 5.74) is 2.14. The maximum atomic E-state index is 12.1. The van der Waals surface area contributed by atoms with E-state index in [0.29, 0.717) is 5.76 Å². The van der Waals surface area contributed by atoms with Gasteiger partial charge in [0.1, 0.15) is 11.5 Å². The normalized spacial score (nSPS) is 11.0. The molecule has 4 N–H and O–H groups in total. The van der Waals surface area contributed by atoms with Crippen molar-refractivity contribution in [2.45, 2.75) is 0 Å². The molecule has 0 spiro atoms. The van der Waals surface area contributed by atoms with Crippen LogP contribution >= 0.6 is 11.6 Å². The maximum absolute atomic E-state index is 12.1. The number of hydrogen-bond donors (Lipinski definition) is 3. The first-order chi connectivity index (χ1) is 10.1. The Morgan fingerprint density at radius 1 is 1.19 bits per heavy atom. The van der Waals surface area contributed by atoms with Gasteiger partial charge in [0.15, 0.2) is 0 Å². The lowest BCUT2D eigenvalue weighted by atomic mass is 10.2. The average molecular weight is 306 g/mol. The second-order valence-electron chi connectivity index (χ2n) is 3.98. The summed E-state index contributed by atoms with van der Waals surface area (Å²) in [5, 5.41) is 2.73. The molecule has 21 heavy (non-hydrogen) atoms. The molecule has 6 nitrogen and oxygen atoms in total. The van der Waals surface area contributed by atoms with Gasteiger partial charge in [-0.2, -0.15) is 0 Å². The molecule has 0 radical (unpaired) electrons. The highest BCUT2D eigenvalue weighted by Crippen LogP contribution is 2.15. The minimum atomic E-state index is -0.660. The summed E-state index contributed by atoms with van der Waals surface area (Å²) < 4.78 is 5.10. The Labute approximate surface area is 125 Å². The van der Waals surface area contributed by atoms with E-state index in [4.69, 9.17) is 21.9 Å². The Hall–Kier alpha value is -2.57. The minimum absolute atomic E-state index is 0.0580. The molecule has 1 aromatic carbocycles. The highest BCUT2D eigenvalue weighted by Gasteiger charge is 2.16. The predicted octanol–water partition coefficient (Wildman–Crippen LogP) is 1.69. The number of nitrogens with two attached hydrogens (primary N) is 1. The highest BCUT2D eigenvalue weighted by atomic mass is 35.5. The van der Waals surface area contributed by atoms with E-state index in [9.17, 15) is 9.59 Å². The Kier molecular flexibility index (Phi) is 4.76. The molecule has 1 heterocycles. The van der Waals surface area contributed by atoms with Gasteiger partial charge in [-0.3, -0.25) is 15.0 Å². The number of rotatable bonds is 4. The van der Waals surface area contributed by atoms with Crippen molar-refractivity contribution in [1.29, 1.82) is 0 Å². The zero-order valence-electron chi connectivity index (χ0n) is 10.8. The van der Waals surface area contributed by atoms with E-state index in [-0.39, 0.29) is 16.3 Å². The fourth-order valence-corrected chi connectivity index (χ4v) is 1.81. The summed E-state index contributed by atoms with van der Waals surface area (Å²) >= 11 is 5.93. The molecule has 2 aromatic rings. The van der Waals surface area contributed by atoms with Gasteiger partial charge in [-0.1, -0.05) is 23.7 Å². The van der Waals surface area contributed by atoms with Crippen molar-refractivity contribution in [2.24, 2.45) is 5.84 Å². The molecule has 0 bridgehead atoms. The van der Waals surface area contributed by atoms with Crippen LogP contribution < -0.4 is 16.6 Å². The summed E-state index contributed by atoms with van der Waals surface area (Å²) in [6.07, 6.45) is 2.80. The van der Waals surface area contributed by atoms with E-state index in [1.807, 2.05) is 5.43 Å². The van der Waals surface area contributed by atoms with Crippen molar-refractivity contribution >= 4 is 29.5 Å². The summed E-state index contributed by atoms with van der Waals surface area (Å²) in [6.45, 7) is 0. The summed E-state index contributed by atoms with van der Waals surface area (Å²) in [7, 11) is 0. The number of furan rings is 1. The lowest BCUT2D eigenvalue weighted by molar-refractivity contribution is -0.117. The molecule has 0 fully saturated rings. The van der Waals surface area contributed by atoms with E-state index < -0.39 is 11.8 Å². The first-order valence-corrected chi connectivity index (χ1v) is 6.31. The van der Waals surface area contributed by atoms with E-state index >= 15 is 0 Å². The largest absolute Gasteiger partial charge is 0.465 e. The monoisotopic (exact) mass is 305 g/mol. The van der Waals surface area contributed by atoms with Gasteiger partial charge in [-0.05, 0) is 24.3 Å². The van der Waals surface area contributed by atoms with Gasteiger partial charge in [0.25, 0.3) is 11.8 Å². The highest BCUT2D eigenvalue weighted by molar-refractivity contribution is 6.34.